The fourth-order valence-corrected chi connectivity index (χ4v) is 3.83. The molecule has 0 spiro atoms. The lowest BCUT2D eigenvalue weighted by atomic mass is 9.95. The van der Waals surface area contributed by atoms with E-state index in [1.54, 1.807) is 38.1 Å². The van der Waals surface area contributed by atoms with Gasteiger partial charge in [-0.3, -0.25) is 9.59 Å². The number of benzene rings is 2. The number of rotatable bonds is 9. The van der Waals surface area contributed by atoms with E-state index in [4.69, 9.17) is 9.47 Å². The Balaban J connectivity index is 2.09. The Morgan fingerprint density at radius 2 is 1.82 bits per heavy atom. The van der Waals surface area contributed by atoms with Crippen LogP contribution in [0.3, 0.4) is 0 Å². The van der Waals surface area contributed by atoms with Crippen molar-refractivity contribution < 1.29 is 28.6 Å². The molecule has 1 aliphatic rings. The van der Waals surface area contributed by atoms with Gasteiger partial charge in [-0.15, -0.1) is 0 Å². The van der Waals surface area contributed by atoms with Gasteiger partial charge >= 0.3 is 0 Å². The summed E-state index contributed by atoms with van der Waals surface area (Å²) in [5, 5.41) is 11.1. The van der Waals surface area contributed by atoms with Gasteiger partial charge < -0.3 is 24.4 Å². The molecule has 1 fully saturated rings. The summed E-state index contributed by atoms with van der Waals surface area (Å²) < 4.78 is 25.5. The minimum Gasteiger partial charge on any atom is -0.507 e. The molecule has 3 rings (SSSR count). The van der Waals surface area contributed by atoms with Crippen molar-refractivity contribution in [3.63, 3.8) is 0 Å². The van der Waals surface area contributed by atoms with Gasteiger partial charge in [0, 0.05) is 18.7 Å². The average Bonchev–Trinajstić information content (AvgIpc) is 3.03. The fraction of sp³-hybridized carbons (Fsp3) is 0.385. The first kappa shape index (κ1) is 25.2. The molecule has 1 aliphatic heterocycles. The highest BCUT2D eigenvalue weighted by atomic mass is 19.1. The van der Waals surface area contributed by atoms with Gasteiger partial charge in [-0.05, 0) is 70.8 Å². The van der Waals surface area contributed by atoms with Gasteiger partial charge in [-0.25, -0.2) is 4.39 Å². The van der Waals surface area contributed by atoms with E-state index in [2.05, 4.69) is 0 Å². The molecule has 0 aromatic heterocycles. The van der Waals surface area contributed by atoms with Crippen LogP contribution in [0.5, 0.6) is 11.5 Å². The number of nitrogens with zero attached hydrogens (tertiary/aromatic N) is 2. The Morgan fingerprint density at radius 3 is 2.38 bits per heavy atom. The smallest absolute Gasteiger partial charge is 0.295 e. The summed E-state index contributed by atoms with van der Waals surface area (Å²) in [7, 11) is 3.73. The lowest BCUT2D eigenvalue weighted by Crippen LogP contribution is -2.35. The number of ketones is 1. The van der Waals surface area contributed by atoms with Crippen molar-refractivity contribution in [1.29, 1.82) is 0 Å². The van der Waals surface area contributed by atoms with Crippen molar-refractivity contribution >= 4 is 17.4 Å². The van der Waals surface area contributed by atoms with Gasteiger partial charge in [0.05, 0.1) is 24.3 Å². The summed E-state index contributed by atoms with van der Waals surface area (Å²) in [5.74, 6) is -1.92. The molecule has 1 heterocycles. The number of carbonyl (C=O) groups excluding carboxylic acids is 2. The second-order valence-corrected chi connectivity index (χ2v) is 8.61. The third kappa shape index (κ3) is 5.39. The zero-order valence-corrected chi connectivity index (χ0v) is 20.2. The normalized spacial score (nSPS) is 17.6. The minimum atomic E-state index is -0.815. The van der Waals surface area contributed by atoms with E-state index in [9.17, 15) is 19.1 Å². The zero-order chi connectivity index (χ0) is 25.0. The number of Topliss-reactive ketones (excluding diaryl/α,β-unsaturated/α-hetero) is 1. The quantitative estimate of drug-likeness (QED) is 0.339. The molecular formula is C26H31FN2O5. The van der Waals surface area contributed by atoms with Crippen LogP contribution in [0.2, 0.25) is 0 Å². The van der Waals surface area contributed by atoms with Gasteiger partial charge in [0.25, 0.3) is 11.7 Å². The minimum absolute atomic E-state index is 0.0426. The first-order chi connectivity index (χ1) is 16.1. The van der Waals surface area contributed by atoms with E-state index >= 15 is 0 Å². The molecule has 34 heavy (non-hydrogen) atoms. The lowest BCUT2D eigenvalue weighted by molar-refractivity contribution is -0.140. The van der Waals surface area contributed by atoms with E-state index in [1.807, 2.05) is 25.9 Å². The maximum Gasteiger partial charge on any atom is 0.295 e. The zero-order valence-electron chi connectivity index (χ0n) is 20.2. The Bertz CT molecular complexity index is 1080. The molecule has 0 saturated carbocycles. The van der Waals surface area contributed by atoms with Crippen molar-refractivity contribution in [1.82, 2.24) is 9.80 Å². The standard InChI is InChI=1S/C26H31FN2O5/c1-6-33-19-10-7-17(8-11-19)23-22(25(31)26(32)29(23)14-13-28(4)5)24(30)18-9-12-21(20(27)15-18)34-16(2)3/h7-12,15-16,23,30H,6,13-14H2,1-5H3/b24-22+/t23-/m0/s1. The molecule has 0 aliphatic carbocycles. The van der Waals surface area contributed by atoms with Crippen molar-refractivity contribution in [2.45, 2.75) is 32.9 Å². The van der Waals surface area contributed by atoms with Crippen LogP contribution in [-0.2, 0) is 9.59 Å². The maximum absolute atomic E-state index is 14.6. The summed E-state index contributed by atoms with van der Waals surface area (Å²) in [6, 6.07) is 10.2. The average molecular weight is 471 g/mol. The van der Waals surface area contributed by atoms with Crippen LogP contribution in [0.25, 0.3) is 5.76 Å². The van der Waals surface area contributed by atoms with E-state index in [1.165, 1.54) is 17.0 Å². The highest BCUT2D eigenvalue weighted by Crippen LogP contribution is 2.40. The maximum atomic E-state index is 14.6. The number of hydrogen-bond acceptors (Lipinski definition) is 6. The van der Waals surface area contributed by atoms with Crippen molar-refractivity contribution in [3.8, 4) is 11.5 Å². The second kappa shape index (κ2) is 10.7. The van der Waals surface area contributed by atoms with E-state index in [-0.39, 0.29) is 29.5 Å². The van der Waals surface area contributed by atoms with Gasteiger partial charge in [-0.1, -0.05) is 12.1 Å². The van der Waals surface area contributed by atoms with Crippen molar-refractivity contribution in [3.05, 3.63) is 65.0 Å². The topological polar surface area (TPSA) is 79.3 Å². The van der Waals surface area contributed by atoms with Crippen LogP contribution >= 0.6 is 0 Å². The molecule has 0 bridgehead atoms. The van der Waals surface area contributed by atoms with E-state index < -0.39 is 29.3 Å². The number of ether oxygens (including phenoxy) is 2. The van der Waals surface area contributed by atoms with Crippen molar-refractivity contribution in [2.24, 2.45) is 0 Å². The SMILES string of the molecule is CCOc1ccc([C@H]2/C(=C(\O)c3ccc(OC(C)C)c(F)c3)C(=O)C(=O)N2CCN(C)C)cc1. The first-order valence-electron chi connectivity index (χ1n) is 11.3. The van der Waals surface area contributed by atoms with Gasteiger partial charge in [0.1, 0.15) is 11.5 Å². The number of hydrogen-bond donors (Lipinski definition) is 1. The van der Waals surface area contributed by atoms with Crippen LogP contribution < -0.4 is 9.47 Å². The predicted molar refractivity (Wildman–Crippen MR) is 127 cm³/mol. The Labute approximate surface area is 199 Å². The molecule has 1 amide bonds. The lowest BCUT2D eigenvalue weighted by Gasteiger charge is -2.26. The molecule has 7 nitrogen and oxygen atoms in total. The number of halogens is 1. The van der Waals surface area contributed by atoms with Gasteiger partial charge in [0.2, 0.25) is 0 Å². The van der Waals surface area contributed by atoms with Crippen LogP contribution in [-0.4, -0.2) is 66.5 Å². The molecule has 1 N–H and O–H groups in total. The first-order valence-corrected chi connectivity index (χ1v) is 11.3. The van der Waals surface area contributed by atoms with Crippen LogP contribution in [0.1, 0.15) is 37.9 Å². The monoisotopic (exact) mass is 470 g/mol. The van der Waals surface area contributed by atoms with Crippen molar-refractivity contribution in [2.75, 3.05) is 33.8 Å². The molecule has 1 atom stereocenters. The van der Waals surface area contributed by atoms with Gasteiger partial charge in [0.15, 0.2) is 11.6 Å². The highest BCUT2D eigenvalue weighted by molar-refractivity contribution is 6.46. The molecule has 8 heteroatoms. The van der Waals surface area contributed by atoms with E-state index in [0.29, 0.717) is 24.5 Å². The Morgan fingerprint density at radius 1 is 1.15 bits per heavy atom. The van der Waals surface area contributed by atoms with E-state index in [0.717, 1.165) is 6.07 Å². The third-order valence-electron chi connectivity index (χ3n) is 5.40. The fourth-order valence-electron chi connectivity index (χ4n) is 3.83. The molecule has 182 valence electrons. The molecule has 2 aromatic rings. The number of likely N-dealkylation sites (N-methyl/N-ethyl adjacent to an activating group) is 1. The number of likely N-dealkylation sites (tertiary alicyclic amines) is 1. The second-order valence-electron chi connectivity index (χ2n) is 8.61. The predicted octanol–water partition coefficient (Wildman–Crippen LogP) is 3.99. The largest absolute Gasteiger partial charge is 0.507 e. The number of amides is 1. The molecule has 1 saturated heterocycles. The summed E-state index contributed by atoms with van der Waals surface area (Å²) in [6.45, 7) is 6.74. The Kier molecular flexibility index (Phi) is 7.94. The summed E-state index contributed by atoms with van der Waals surface area (Å²) in [6.07, 6.45) is -0.226. The summed E-state index contributed by atoms with van der Waals surface area (Å²) in [4.78, 5) is 29.4. The summed E-state index contributed by atoms with van der Waals surface area (Å²) >= 11 is 0. The van der Waals surface area contributed by atoms with Crippen LogP contribution in [0.15, 0.2) is 48.0 Å². The number of aliphatic hydroxyl groups excluding tert-OH is 1. The van der Waals surface area contributed by atoms with Crippen LogP contribution in [0, 0.1) is 5.82 Å². The van der Waals surface area contributed by atoms with Gasteiger partial charge in [-0.2, -0.15) is 0 Å². The highest BCUT2D eigenvalue weighted by Gasteiger charge is 2.46. The number of carbonyl (C=O) groups is 2. The molecule has 0 unspecified atom stereocenters. The van der Waals surface area contributed by atoms with Crippen LogP contribution in [0.4, 0.5) is 4.39 Å². The summed E-state index contributed by atoms with van der Waals surface area (Å²) in [5.41, 5.74) is 0.656. The number of aliphatic hydroxyl groups is 1. The molecule has 2 aromatic carbocycles. The molecule has 0 radical (unpaired) electrons. The molecular weight excluding hydrogens is 439 g/mol. The third-order valence-corrected chi connectivity index (χ3v) is 5.40. The Hall–Kier alpha value is -3.39.